The minimum atomic E-state index is 0.468. The topological polar surface area (TPSA) is 83.1 Å². The SMILES string of the molecule is [CH2]COCCOCCOCCOCCOCCOCCOCCOCCOC. The Hall–Kier alpha value is -0.360. The summed E-state index contributed by atoms with van der Waals surface area (Å²) in [5.74, 6) is 0. The van der Waals surface area contributed by atoms with Gasteiger partial charge in [-0.2, -0.15) is 0 Å². The quantitative estimate of drug-likeness (QED) is 0.201. The lowest BCUT2D eigenvalue weighted by molar-refractivity contribution is -0.0238. The van der Waals surface area contributed by atoms with Crippen LogP contribution in [0.1, 0.15) is 0 Å². The Morgan fingerprint density at radius 2 is 0.571 bits per heavy atom. The van der Waals surface area contributed by atoms with Crippen molar-refractivity contribution in [2.45, 2.75) is 0 Å². The third kappa shape index (κ3) is 25.6. The Labute approximate surface area is 169 Å². The van der Waals surface area contributed by atoms with Crippen molar-refractivity contribution >= 4 is 0 Å². The van der Waals surface area contributed by atoms with E-state index >= 15 is 0 Å². The standard InChI is InChI=1S/C19H39O9/c1-3-21-6-7-23-10-11-25-14-15-27-18-19-28-17-16-26-13-12-24-9-8-22-5-4-20-2/h1,3-19H2,2H3. The predicted molar refractivity (Wildman–Crippen MR) is 104 cm³/mol. The van der Waals surface area contributed by atoms with E-state index in [2.05, 4.69) is 6.92 Å². The molecule has 0 unspecified atom stereocenters. The Morgan fingerprint density at radius 3 is 0.786 bits per heavy atom. The van der Waals surface area contributed by atoms with E-state index in [9.17, 15) is 0 Å². The first-order valence-corrected chi connectivity index (χ1v) is 9.82. The Bertz CT molecular complexity index is 244. The van der Waals surface area contributed by atoms with Gasteiger partial charge in [-0.25, -0.2) is 0 Å². The molecular formula is C19H39O9. The van der Waals surface area contributed by atoms with E-state index in [0.717, 1.165) is 0 Å². The predicted octanol–water partition coefficient (Wildman–Crippen LogP) is 0.600. The number of rotatable bonds is 25. The molecule has 1 radical (unpaired) electrons. The lowest BCUT2D eigenvalue weighted by atomic mass is 10.6. The van der Waals surface area contributed by atoms with Crippen LogP contribution in [0.4, 0.5) is 0 Å². The van der Waals surface area contributed by atoms with Crippen molar-refractivity contribution in [1.82, 2.24) is 0 Å². The molecule has 9 heteroatoms. The summed E-state index contributed by atoms with van der Waals surface area (Å²) in [6, 6.07) is 0. The van der Waals surface area contributed by atoms with Gasteiger partial charge >= 0.3 is 0 Å². The zero-order chi connectivity index (χ0) is 20.4. The Balaban J connectivity index is 2.96. The van der Waals surface area contributed by atoms with Crippen LogP contribution in [0.15, 0.2) is 0 Å². The highest BCUT2D eigenvalue weighted by molar-refractivity contribution is 4.38. The molecule has 0 fully saturated rings. The molecule has 169 valence electrons. The fourth-order valence-corrected chi connectivity index (χ4v) is 1.78. The van der Waals surface area contributed by atoms with Crippen molar-refractivity contribution in [3.05, 3.63) is 6.92 Å². The van der Waals surface area contributed by atoms with E-state index in [1.54, 1.807) is 7.11 Å². The van der Waals surface area contributed by atoms with Crippen LogP contribution < -0.4 is 0 Å². The van der Waals surface area contributed by atoms with Crippen molar-refractivity contribution in [3.8, 4) is 0 Å². The molecular weight excluding hydrogens is 372 g/mol. The van der Waals surface area contributed by atoms with Gasteiger partial charge in [-0.3, -0.25) is 0 Å². The van der Waals surface area contributed by atoms with Crippen LogP contribution in [-0.4, -0.2) is 119 Å². The highest BCUT2D eigenvalue weighted by Gasteiger charge is 1.94. The zero-order valence-electron chi connectivity index (χ0n) is 17.4. The lowest BCUT2D eigenvalue weighted by Gasteiger charge is -2.08. The molecule has 9 nitrogen and oxygen atoms in total. The fraction of sp³-hybridized carbons (Fsp3) is 0.947. The van der Waals surface area contributed by atoms with Crippen molar-refractivity contribution < 1.29 is 42.6 Å². The van der Waals surface area contributed by atoms with Gasteiger partial charge in [0.15, 0.2) is 0 Å². The monoisotopic (exact) mass is 411 g/mol. The Kier molecular flexibility index (Phi) is 26.3. The van der Waals surface area contributed by atoms with Gasteiger partial charge < -0.3 is 42.6 Å². The molecule has 0 aliphatic carbocycles. The van der Waals surface area contributed by atoms with Crippen LogP contribution in [0, 0.1) is 6.92 Å². The molecule has 0 bridgehead atoms. The smallest absolute Gasteiger partial charge is 0.0701 e. The molecule has 28 heavy (non-hydrogen) atoms. The summed E-state index contributed by atoms with van der Waals surface area (Å²) in [5.41, 5.74) is 0. The first kappa shape index (κ1) is 27.6. The number of hydrogen-bond donors (Lipinski definition) is 0. The molecule has 0 amide bonds. The van der Waals surface area contributed by atoms with Gasteiger partial charge in [-0.1, -0.05) is 0 Å². The summed E-state index contributed by atoms with van der Waals surface area (Å²) in [4.78, 5) is 0. The molecule has 0 atom stereocenters. The van der Waals surface area contributed by atoms with Crippen LogP contribution in [0.25, 0.3) is 0 Å². The first-order chi connectivity index (χ1) is 13.9. The van der Waals surface area contributed by atoms with Gasteiger partial charge in [0.25, 0.3) is 0 Å². The second-order valence-electron chi connectivity index (χ2n) is 5.39. The van der Waals surface area contributed by atoms with Gasteiger partial charge in [0.1, 0.15) is 0 Å². The maximum absolute atomic E-state index is 5.41. The highest BCUT2D eigenvalue weighted by Crippen LogP contribution is 1.85. The van der Waals surface area contributed by atoms with E-state index < -0.39 is 0 Å². The molecule has 0 spiro atoms. The third-order valence-electron chi connectivity index (χ3n) is 3.18. The molecule has 0 saturated heterocycles. The molecule has 0 heterocycles. The second kappa shape index (κ2) is 26.6. The summed E-state index contributed by atoms with van der Waals surface area (Å²) >= 11 is 0. The molecule has 0 N–H and O–H groups in total. The normalized spacial score (nSPS) is 11.4. The van der Waals surface area contributed by atoms with E-state index in [-0.39, 0.29) is 0 Å². The lowest BCUT2D eigenvalue weighted by Crippen LogP contribution is -2.15. The number of ether oxygens (including phenoxy) is 9. The molecule has 0 aliphatic heterocycles. The molecule has 0 aliphatic rings. The average Bonchev–Trinajstić information content (AvgIpc) is 2.71. The van der Waals surface area contributed by atoms with E-state index in [0.29, 0.717) is 112 Å². The van der Waals surface area contributed by atoms with Crippen LogP contribution in [0.5, 0.6) is 0 Å². The molecule has 0 aromatic carbocycles. The van der Waals surface area contributed by atoms with Crippen LogP contribution >= 0.6 is 0 Å². The summed E-state index contributed by atoms with van der Waals surface area (Å²) in [5, 5.41) is 0. The number of methoxy groups -OCH3 is 1. The van der Waals surface area contributed by atoms with Crippen molar-refractivity contribution in [3.63, 3.8) is 0 Å². The fourth-order valence-electron chi connectivity index (χ4n) is 1.78. The van der Waals surface area contributed by atoms with Crippen molar-refractivity contribution in [2.24, 2.45) is 0 Å². The van der Waals surface area contributed by atoms with Gasteiger partial charge in [-0.15, -0.1) is 0 Å². The maximum atomic E-state index is 5.41. The van der Waals surface area contributed by atoms with Gasteiger partial charge in [-0.05, 0) is 6.92 Å². The van der Waals surface area contributed by atoms with E-state index in [1.807, 2.05) is 0 Å². The first-order valence-electron chi connectivity index (χ1n) is 9.82. The van der Waals surface area contributed by atoms with E-state index in [1.165, 1.54) is 0 Å². The van der Waals surface area contributed by atoms with Gasteiger partial charge in [0.2, 0.25) is 0 Å². The molecule has 0 saturated carbocycles. The molecule has 0 aromatic heterocycles. The summed E-state index contributed by atoms with van der Waals surface area (Å²) in [6.45, 7) is 12.9. The third-order valence-corrected chi connectivity index (χ3v) is 3.18. The largest absolute Gasteiger partial charge is 0.382 e. The number of hydrogen-bond acceptors (Lipinski definition) is 9. The van der Waals surface area contributed by atoms with Crippen LogP contribution in [0.2, 0.25) is 0 Å². The summed E-state index contributed by atoms with van der Waals surface area (Å²) < 4.78 is 47.4. The Morgan fingerprint density at radius 1 is 0.357 bits per heavy atom. The minimum Gasteiger partial charge on any atom is -0.382 e. The van der Waals surface area contributed by atoms with Gasteiger partial charge in [0, 0.05) is 13.7 Å². The van der Waals surface area contributed by atoms with Crippen molar-refractivity contribution in [2.75, 3.05) is 119 Å². The van der Waals surface area contributed by atoms with Crippen LogP contribution in [0.3, 0.4) is 0 Å². The second-order valence-corrected chi connectivity index (χ2v) is 5.39. The maximum Gasteiger partial charge on any atom is 0.0701 e. The zero-order valence-corrected chi connectivity index (χ0v) is 17.4. The van der Waals surface area contributed by atoms with Gasteiger partial charge in [0.05, 0.1) is 106 Å². The molecule has 0 aromatic rings. The van der Waals surface area contributed by atoms with Crippen LogP contribution in [-0.2, 0) is 42.6 Å². The highest BCUT2D eigenvalue weighted by atomic mass is 16.6. The van der Waals surface area contributed by atoms with Crippen molar-refractivity contribution in [1.29, 1.82) is 0 Å². The summed E-state index contributed by atoms with van der Waals surface area (Å²) in [7, 11) is 1.65. The van der Waals surface area contributed by atoms with E-state index in [4.69, 9.17) is 42.6 Å². The summed E-state index contributed by atoms with van der Waals surface area (Å²) in [6.07, 6.45) is 0. The minimum absolute atomic E-state index is 0.468. The average molecular weight is 412 g/mol. The molecule has 0 rings (SSSR count).